The fraction of sp³-hybridized carbons (Fsp3) is 0.921. The second-order valence-corrected chi connectivity index (χ2v) is 30.6. The first-order valence-corrected chi connectivity index (χ1v) is 32.7. The van der Waals surface area contributed by atoms with Crippen molar-refractivity contribution in [1.29, 1.82) is 0 Å². The van der Waals surface area contributed by atoms with Crippen LogP contribution in [0, 0.1) is 50.2 Å². The van der Waals surface area contributed by atoms with Crippen molar-refractivity contribution in [1.82, 2.24) is 0 Å². The Morgan fingerprint density at radius 2 is 1.22 bits per heavy atom. The fourth-order valence-corrected chi connectivity index (χ4v) is 18.6. The monoisotopic (exact) mass is 1330 g/mol. The minimum Gasteiger partial charge on any atom is -0.457 e. The maximum Gasteiger partial charge on any atom is 0.317 e. The Hall–Kier alpha value is -2.81. The molecular weight excluding hydrogens is 1240 g/mol. The molecule has 12 heterocycles. The molecule has 1 spiro atoms. The topological polar surface area (TPSA) is 465 Å². The molecule has 12 aliphatic heterocycles. The molecule has 30 nitrogen and oxygen atoms in total. The maximum atomic E-state index is 15.7. The van der Waals surface area contributed by atoms with Crippen LogP contribution in [0.3, 0.4) is 0 Å². The molecule has 4 saturated carbocycles. The number of aliphatic hydroxyl groups excluding tert-OH is 14. The summed E-state index contributed by atoms with van der Waals surface area (Å²) in [4.78, 5) is 43.1. The Bertz CT molecular complexity index is 2740. The first-order chi connectivity index (χ1) is 43.5. The lowest BCUT2D eigenvalue weighted by Gasteiger charge is -2.72. The molecule has 93 heavy (non-hydrogen) atoms. The third-order valence-electron chi connectivity index (χ3n) is 24.0. The number of rotatable bonds is 4. The molecule has 5 aliphatic carbocycles. The van der Waals surface area contributed by atoms with E-state index in [9.17, 15) is 86.2 Å². The van der Waals surface area contributed by atoms with Crippen molar-refractivity contribution in [3.63, 3.8) is 0 Å². The van der Waals surface area contributed by atoms with Gasteiger partial charge in [0.05, 0.1) is 75.9 Å². The third kappa shape index (κ3) is 12.3. The average Bonchev–Trinajstić information content (AvgIpc) is 0.671. The highest BCUT2D eigenvalue weighted by molar-refractivity contribution is 5.80. The zero-order valence-corrected chi connectivity index (χ0v) is 53.7. The van der Waals surface area contributed by atoms with Crippen molar-refractivity contribution in [2.24, 2.45) is 50.2 Å². The van der Waals surface area contributed by atoms with E-state index in [-0.39, 0.29) is 30.6 Å². The van der Waals surface area contributed by atoms with Crippen molar-refractivity contribution in [2.75, 3.05) is 33.0 Å². The number of carbonyl (C=O) groups is 3. The molecule has 530 valence electrons. The lowest BCUT2D eigenvalue weighted by atomic mass is 9.33. The first-order valence-electron chi connectivity index (χ1n) is 32.7. The molecule has 0 aromatic rings. The second-order valence-electron chi connectivity index (χ2n) is 30.6. The molecule has 0 aromatic heterocycles. The highest BCUT2D eigenvalue weighted by atomic mass is 16.8. The van der Waals surface area contributed by atoms with Crippen LogP contribution >= 0.6 is 0 Å². The normalized spacial score (nSPS) is 54.8. The van der Waals surface area contributed by atoms with Crippen molar-refractivity contribution in [3.05, 3.63) is 11.6 Å². The number of hydrogen-bond acceptors (Lipinski definition) is 30. The molecule has 15 N–H and O–H groups in total. The molecule has 34 atom stereocenters. The Labute approximate surface area is 537 Å². The summed E-state index contributed by atoms with van der Waals surface area (Å²) in [6.07, 6.45) is -41.1. The van der Waals surface area contributed by atoms with Crippen LogP contribution < -0.4 is 0 Å². The Morgan fingerprint density at radius 1 is 0.570 bits per heavy atom. The molecule has 17 aliphatic rings. The van der Waals surface area contributed by atoms with Gasteiger partial charge >= 0.3 is 17.9 Å². The summed E-state index contributed by atoms with van der Waals surface area (Å²) in [5.41, 5.74) is -6.89. The van der Waals surface area contributed by atoms with Gasteiger partial charge in [0.25, 0.3) is 0 Å². The molecule has 17 rings (SSSR count). The van der Waals surface area contributed by atoms with Crippen molar-refractivity contribution < 1.29 is 148 Å². The van der Waals surface area contributed by atoms with Gasteiger partial charge in [-0.3, -0.25) is 14.4 Å². The SMILES string of the molecule is C[C@@H]1O[C@H]2O[C@H]3[C@@H](OC[C@H](O)[C@@H]3O)OC(=O)[C@@]34CCC(C)(C)C[C@H]3C3=CC[C@@H]5[C@@]6(C)C[C@H](O)[C@H](O[C@@H]7O[C@H](CO)[C@@H](O)[C@H](O)[C@H]7O[C@@H]7OC[C@H](OC(=O)C[C@](C)(O)CC(=O)O[C@@H]1[C@@H](O[C@@H]1OC[C@@H](O)[C@H](O)[C@H]1O)[C@H]2O)[C@H](O)[C@H]7O)[C@](C)(CO)[C@@H]6CC[C@@]5(C)[C@]3(C)C[C@H]4O. The van der Waals surface area contributed by atoms with Gasteiger partial charge in [0, 0.05) is 5.41 Å². The predicted octanol–water partition coefficient (Wildman–Crippen LogP) is -3.71. The number of carbonyl (C=O) groups excluding carboxylic acids is 3. The fourth-order valence-electron chi connectivity index (χ4n) is 18.6. The van der Waals surface area contributed by atoms with Gasteiger partial charge in [0.1, 0.15) is 84.8 Å². The summed E-state index contributed by atoms with van der Waals surface area (Å²) in [6.45, 7) is 11.5. The van der Waals surface area contributed by atoms with Crippen molar-refractivity contribution in [2.45, 2.75) is 279 Å². The van der Waals surface area contributed by atoms with Crippen LogP contribution in [0.15, 0.2) is 11.6 Å². The van der Waals surface area contributed by atoms with E-state index in [1.165, 1.54) is 6.92 Å². The molecule has 12 bridgehead atoms. The van der Waals surface area contributed by atoms with Gasteiger partial charge in [-0.25, -0.2) is 0 Å². The van der Waals surface area contributed by atoms with E-state index in [2.05, 4.69) is 40.7 Å². The minimum atomic E-state index is -2.31. The number of ether oxygens (including phenoxy) is 12. The summed E-state index contributed by atoms with van der Waals surface area (Å²) in [6, 6.07) is 0. The van der Waals surface area contributed by atoms with Crippen LogP contribution in [0.4, 0.5) is 0 Å². The van der Waals surface area contributed by atoms with Crippen LogP contribution in [-0.4, -0.2) is 287 Å². The molecule has 8 saturated heterocycles. The van der Waals surface area contributed by atoms with Gasteiger partial charge in [-0.15, -0.1) is 0 Å². The standard InChI is InChI=1S/C63H98O30/c1-25-46-47(89-51-43(77)38(72)29(67)21-82-51)45(79)53(85-25)91-48-39(73)30(68)22-83-54(48)93-56(80)63-14-13-57(2,3)15-27(63)26-9-10-34-59(5)16-28(66)50(60(6,24-65)33(59)11-12-61(34,7)62(26,8)17-35(63)69)92-55-49(42(76)40(74)31(20-64)87-55)90-52-44(78)41(75)32(23-84-52)86-36(70)18-58(4,81)19-37(71)88-46/h9,25,27-35,38-55,64-69,72-79,81H,10-24H2,1-8H3/t25-,27-,28-,29+,30-,31+,32-,33+,34+,35+,38-,39-,40+,41-,42-,43+,44+,45+,46-,47-,48+,49+,50-,51-,52-,53-,54-,55-,58-,59-,60+,61+,62+,63-/m0/s1. The van der Waals surface area contributed by atoms with E-state index in [0.717, 1.165) is 12.5 Å². The largest absolute Gasteiger partial charge is 0.457 e. The zero-order valence-electron chi connectivity index (χ0n) is 53.7. The van der Waals surface area contributed by atoms with E-state index < -0.39 is 262 Å². The number of hydrogen-bond donors (Lipinski definition) is 15. The summed E-state index contributed by atoms with van der Waals surface area (Å²) in [7, 11) is 0. The lowest BCUT2D eigenvalue weighted by molar-refractivity contribution is -0.377. The quantitative estimate of drug-likeness (QED) is 0.0557. The van der Waals surface area contributed by atoms with E-state index >= 15 is 4.79 Å². The predicted molar refractivity (Wildman–Crippen MR) is 308 cm³/mol. The Kier molecular flexibility index (Phi) is 20.0. The van der Waals surface area contributed by atoms with Crippen LogP contribution in [0.2, 0.25) is 0 Å². The van der Waals surface area contributed by atoms with Gasteiger partial charge in [-0.2, -0.15) is 0 Å². The van der Waals surface area contributed by atoms with Gasteiger partial charge in [-0.1, -0.05) is 53.2 Å². The van der Waals surface area contributed by atoms with E-state index in [1.54, 1.807) is 6.92 Å². The van der Waals surface area contributed by atoms with Gasteiger partial charge in [-0.05, 0) is 105 Å². The summed E-state index contributed by atoms with van der Waals surface area (Å²) in [5, 5.41) is 172. The van der Waals surface area contributed by atoms with Crippen molar-refractivity contribution >= 4 is 17.9 Å². The van der Waals surface area contributed by atoms with Crippen LogP contribution in [0.25, 0.3) is 0 Å². The Morgan fingerprint density at radius 3 is 1.90 bits per heavy atom. The number of allylic oxidation sites excluding steroid dienone is 2. The second kappa shape index (κ2) is 26.0. The molecular formula is C63H98O30. The summed E-state index contributed by atoms with van der Waals surface area (Å²) in [5.74, 6) is -4.65. The average molecular weight is 1340 g/mol. The first kappa shape index (κ1) is 71.5. The van der Waals surface area contributed by atoms with Crippen LogP contribution in [0.1, 0.15) is 120 Å². The maximum absolute atomic E-state index is 15.7. The highest BCUT2D eigenvalue weighted by Crippen LogP contribution is 2.76. The Balaban J connectivity index is 0.961. The smallest absolute Gasteiger partial charge is 0.317 e. The molecule has 0 amide bonds. The molecule has 0 radical (unpaired) electrons. The van der Waals surface area contributed by atoms with Crippen molar-refractivity contribution in [3.8, 4) is 0 Å². The van der Waals surface area contributed by atoms with Crippen LogP contribution in [0.5, 0.6) is 0 Å². The molecule has 0 aromatic carbocycles. The molecule has 0 unspecified atom stereocenters. The highest BCUT2D eigenvalue weighted by Gasteiger charge is 2.73. The van der Waals surface area contributed by atoms with E-state index in [4.69, 9.17) is 56.8 Å². The summed E-state index contributed by atoms with van der Waals surface area (Å²) >= 11 is 0. The number of aliphatic hydroxyl groups is 15. The molecule has 12 fully saturated rings. The van der Waals surface area contributed by atoms with Crippen LogP contribution in [-0.2, 0) is 71.2 Å². The van der Waals surface area contributed by atoms with Gasteiger partial charge in [0.15, 0.2) is 43.5 Å². The lowest BCUT2D eigenvalue weighted by Crippen LogP contribution is -2.71. The number of esters is 3. The van der Waals surface area contributed by atoms with E-state index in [1.807, 2.05) is 0 Å². The summed E-state index contributed by atoms with van der Waals surface area (Å²) < 4.78 is 72.0. The molecule has 30 heteroatoms. The van der Waals surface area contributed by atoms with Gasteiger partial charge < -0.3 is 133 Å². The third-order valence-corrected chi connectivity index (χ3v) is 24.0. The minimum absolute atomic E-state index is 0.0693. The van der Waals surface area contributed by atoms with E-state index in [0.29, 0.717) is 32.1 Å². The van der Waals surface area contributed by atoms with Gasteiger partial charge in [0.2, 0.25) is 6.29 Å². The zero-order chi connectivity index (χ0) is 67.8.